The molecule has 1 N–H and O–H groups in total. The van der Waals surface area contributed by atoms with Gasteiger partial charge in [-0.1, -0.05) is 20.8 Å². The lowest BCUT2D eigenvalue weighted by Crippen LogP contribution is -2.45. The maximum atomic E-state index is 12.5. The Bertz CT molecular complexity index is 1110. The lowest BCUT2D eigenvalue weighted by Gasteiger charge is -2.38. The Morgan fingerprint density at radius 1 is 1.31 bits per heavy atom. The number of aromatic nitrogens is 1. The van der Waals surface area contributed by atoms with E-state index in [1.54, 1.807) is 6.07 Å². The van der Waals surface area contributed by atoms with Gasteiger partial charge in [-0.05, 0) is 67.3 Å². The van der Waals surface area contributed by atoms with E-state index >= 15 is 0 Å². The van der Waals surface area contributed by atoms with Crippen molar-refractivity contribution in [3.63, 3.8) is 0 Å². The molecule has 1 fully saturated rings. The average molecular weight is 588 g/mol. The van der Waals surface area contributed by atoms with Crippen molar-refractivity contribution >= 4 is 63.3 Å². The third-order valence-electron chi connectivity index (χ3n) is 6.55. The minimum Gasteiger partial charge on any atom is -0.444 e. The van der Waals surface area contributed by atoms with E-state index in [1.807, 2.05) is 25.7 Å². The molecule has 3 rings (SSSR count). The van der Waals surface area contributed by atoms with E-state index in [0.717, 1.165) is 4.70 Å². The summed E-state index contributed by atoms with van der Waals surface area (Å²) in [5.74, 6) is 0. The number of anilines is 1. The zero-order chi connectivity index (χ0) is 26.3. The molecule has 0 spiro atoms. The number of hydrogen-bond acceptors (Lipinski definition) is 8. The van der Waals surface area contributed by atoms with E-state index < -0.39 is 20.0 Å². The number of nitrogens with one attached hydrogen (secondary N) is 1. The minimum atomic E-state index is -2.07. The van der Waals surface area contributed by atoms with Crippen LogP contribution in [0.2, 0.25) is 18.1 Å². The molecule has 0 saturated carbocycles. The molecule has 0 radical (unpaired) electrons. The Hall–Kier alpha value is -1.76. The summed E-state index contributed by atoms with van der Waals surface area (Å²) in [6.07, 6.45) is 0.0738. The molecule has 194 valence electrons. The van der Waals surface area contributed by atoms with Crippen LogP contribution in [0.15, 0.2) is 16.0 Å². The normalized spacial score (nSPS) is 19.3. The van der Waals surface area contributed by atoms with Gasteiger partial charge in [0.25, 0.3) is 5.69 Å². The number of nitro groups is 1. The zero-order valence-corrected chi connectivity index (χ0v) is 25.0. The molecule has 2 aromatic rings. The Kier molecular flexibility index (Phi) is 7.91. The minimum absolute atomic E-state index is 0.00876. The Morgan fingerprint density at radius 3 is 2.54 bits per heavy atom. The van der Waals surface area contributed by atoms with Crippen LogP contribution in [0.4, 0.5) is 16.2 Å². The van der Waals surface area contributed by atoms with Crippen LogP contribution in [0.25, 0.3) is 10.2 Å². The molecule has 9 nitrogen and oxygen atoms in total. The number of halogens is 1. The first kappa shape index (κ1) is 27.8. The molecule has 12 heteroatoms. The summed E-state index contributed by atoms with van der Waals surface area (Å²) in [6.45, 7) is 17.1. The number of carbonyl (C=O) groups excluding carboxylic acids is 1. The van der Waals surface area contributed by atoms with Crippen LogP contribution < -0.4 is 10.2 Å². The number of ether oxygens (including phenoxy) is 1. The van der Waals surface area contributed by atoms with Crippen LogP contribution in [0, 0.1) is 10.1 Å². The van der Waals surface area contributed by atoms with Gasteiger partial charge in [0, 0.05) is 12.6 Å². The molecule has 1 aromatic heterocycles. The summed E-state index contributed by atoms with van der Waals surface area (Å²) >= 11 is 4.85. The third kappa shape index (κ3) is 6.52. The number of benzene rings is 1. The molecular formula is C23H35BrN4O5SSi. The van der Waals surface area contributed by atoms with E-state index in [-0.39, 0.29) is 27.7 Å². The molecule has 1 saturated heterocycles. The number of nitrogens with zero attached hydrogens (tertiary/aromatic N) is 3. The van der Waals surface area contributed by atoms with E-state index in [1.165, 1.54) is 17.4 Å². The van der Waals surface area contributed by atoms with E-state index in [4.69, 9.17) is 9.16 Å². The molecular weight excluding hydrogens is 552 g/mol. The van der Waals surface area contributed by atoms with Crippen molar-refractivity contribution in [2.24, 2.45) is 0 Å². The molecule has 1 aromatic carbocycles. The average Bonchev–Trinajstić information content (AvgIpc) is 3.24. The molecule has 2 atom stereocenters. The topological polar surface area (TPSA) is 107 Å². The Labute approximate surface area is 220 Å². The highest BCUT2D eigenvalue weighted by molar-refractivity contribution is 9.11. The highest BCUT2D eigenvalue weighted by atomic mass is 79.9. The SMILES string of the molecule is CC(C)(C)OC(=O)N[C@@H]1C[C@@H](CO[Si](C)(C)C(C)(C)C)N(c2c([N+](=O)[O-])ccc3sc(Br)nc23)C1. The lowest BCUT2D eigenvalue weighted by molar-refractivity contribution is -0.384. The maximum Gasteiger partial charge on any atom is 0.407 e. The van der Waals surface area contributed by atoms with E-state index in [2.05, 4.69) is 60.1 Å². The molecule has 35 heavy (non-hydrogen) atoms. The molecule has 0 aliphatic carbocycles. The van der Waals surface area contributed by atoms with Crippen molar-refractivity contribution < 1.29 is 18.9 Å². The summed E-state index contributed by atoms with van der Waals surface area (Å²) in [4.78, 5) is 30.7. The van der Waals surface area contributed by atoms with Crippen LogP contribution in [0.3, 0.4) is 0 Å². The van der Waals surface area contributed by atoms with Gasteiger partial charge in [-0.15, -0.1) is 11.3 Å². The first-order valence-corrected chi connectivity index (χ1v) is 16.1. The summed E-state index contributed by atoms with van der Waals surface area (Å²) < 4.78 is 13.5. The standard InChI is InChI=1S/C23H35BrN4O5SSi/c1-22(2,3)33-21(29)25-14-11-15(13-32-35(7,8)23(4,5)6)27(12-14)19-16(28(30)31)9-10-17-18(19)26-20(24)34-17/h9-10,14-15H,11-13H2,1-8H3,(H,25,29)/t14-,15+/m1/s1. The van der Waals surface area contributed by atoms with Gasteiger partial charge in [0.1, 0.15) is 16.8 Å². The Balaban J connectivity index is 1.98. The van der Waals surface area contributed by atoms with Crippen LogP contribution in [-0.2, 0) is 9.16 Å². The number of fused-ring (bicyclic) bond motifs is 1. The second-order valence-corrected chi connectivity index (χ2v) is 18.6. The van der Waals surface area contributed by atoms with Crippen molar-refractivity contribution in [2.75, 3.05) is 18.1 Å². The lowest BCUT2D eigenvalue weighted by atomic mass is 10.1. The molecule has 1 amide bonds. The maximum absolute atomic E-state index is 12.5. The van der Waals surface area contributed by atoms with Crippen LogP contribution in [-0.4, -0.2) is 55.2 Å². The van der Waals surface area contributed by atoms with Crippen molar-refractivity contribution in [3.8, 4) is 0 Å². The van der Waals surface area contributed by atoms with Gasteiger partial charge in [-0.2, -0.15) is 0 Å². The molecule has 1 aliphatic rings. The summed E-state index contributed by atoms with van der Waals surface area (Å²) in [6, 6.07) is 2.83. The fraction of sp³-hybridized carbons (Fsp3) is 0.652. The number of amides is 1. The monoisotopic (exact) mass is 586 g/mol. The van der Waals surface area contributed by atoms with Crippen LogP contribution >= 0.6 is 27.3 Å². The predicted octanol–water partition coefficient (Wildman–Crippen LogP) is 6.46. The zero-order valence-electron chi connectivity index (χ0n) is 21.6. The number of alkyl carbamates (subject to hydrolysis) is 1. The molecule has 0 unspecified atom stereocenters. The van der Waals surface area contributed by atoms with Crippen LogP contribution in [0.5, 0.6) is 0 Å². The fourth-order valence-corrected chi connectivity index (χ4v) is 6.26. The van der Waals surface area contributed by atoms with Crippen molar-refractivity contribution in [1.29, 1.82) is 0 Å². The fourth-order valence-electron chi connectivity index (χ4n) is 3.82. The van der Waals surface area contributed by atoms with E-state index in [0.29, 0.717) is 34.7 Å². The van der Waals surface area contributed by atoms with Crippen molar-refractivity contribution in [1.82, 2.24) is 10.3 Å². The van der Waals surface area contributed by atoms with Gasteiger partial charge < -0.3 is 19.4 Å². The molecule has 2 heterocycles. The molecule has 1 aliphatic heterocycles. The summed E-state index contributed by atoms with van der Waals surface area (Å²) in [5, 5.41) is 15.0. The van der Waals surface area contributed by atoms with E-state index in [9.17, 15) is 14.9 Å². The van der Waals surface area contributed by atoms with Gasteiger partial charge in [-0.25, -0.2) is 9.78 Å². The predicted molar refractivity (Wildman–Crippen MR) is 146 cm³/mol. The van der Waals surface area contributed by atoms with Gasteiger partial charge in [0.15, 0.2) is 12.2 Å². The first-order chi connectivity index (χ1) is 16.0. The number of thiazole rings is 1. The summed E-state index contributed by atoms with van der Waals surface area (Å²) in [5.41, 5.74) is 0.411. The quantitative estimate of drug-likeness (QED) is 0.235. The first-order valence-electron chi connectivity index (χ1n) is 11.6. The number of hydrogen-bond donors (Lipinski definition) is 1. The Morgan fingerprint density at radius 2 is 1.97 bits per heavy atom. The van der Waals surface area contributed by atoms with Crippen molar-refractivity contribution in [2.45, 2.75) is 83.8 Å². The largest absolute Gasteiger partial charge is 0.444 e. The van der Waals surface area contributed by atoms with Crippen LogP contribution in [0.1, 0.15) is 48.0 Å². The number of nitro benzene ring substituents is 1. The van der Waals surface area contributed by atoms with Gasteiger partial charge in [0.05, 0.1) is 28.3 Å². The van der Waals surface area contributed by atoms with Gasteiger partial charge >= 0.3 is 6.09 Å². The summed E-state index contributed by atoms with van der Waals surface area (Å²) in [7, 11) is -2.07. The van der Waals surface area contributed by atoms with Crippen molar-refractivity contribution in [3.05, 3.63) is 26.2 Å². The number of rotatable bonds is 6. The number of carbonyl (C=O) groups is 1. The highest BCUT2D eigenvalue weighted by Gasteiger charge is 2.42. The third-order valence-corrected chi connectivity index (χ3v) is 12.5. The van der Waals surface area contributed by atoms with Gasteiger partial charge in [-0.3, -0.25) is 10.1 Å². The molecule has 0 bridgehead atoms. The second-order valence-electron chi connectivity index (χ2n) is 11.5. The van der Waals surface area contributed by atoms with Gasteiger partial charge in [0.2, 0.25) is 0 Å². The smallest absolute Gasteiger partial charge is 0.407 e. The highest BCUT2D eigenvalue weighted by Crippen LogP contribution is 2.43. The second kappa shape index (κ2) is 9.95.